The summed E-state index contributed by atoms with van der Waals surface area (Å²) < 4.78 is 33.4. The Labute approximate surface area is 465 Å². The number of aliphatic hydroxyl groups excluding tert-OH is 4. The summed E-state index contributed by atoms with van der Waals surface area (Å²) in [6, 6.07) is 39.3. The van der Waals surface area contributed by atoms with Crippen LogP contribution in [0.1, 0.15) is 131 Å². The highest BCUT2D eigenvalue weighted by Crippen LogP contribution is 2.62. The van der Waals surface area contributed by atoms with Gasteiger partial charge in [0.15, 0.2) is 17.8 Å². The highest BCUT2D eigenvalue weighted by atomic mass is 16.6. The van der Waals surface area contributed by atoms with Gasteiger partial charge in [0.1, 0.15) is 18.1 Å². The van der Waals surface area contributed by atoms with Crippen molar-refractivity contribution in [1.82, 2.24) is 0 Å². The van der Waals surface area contributed by atoms with Crippen molar-refractivity contribution in [2.75, 3.05) is 26.6 Å². The summed E-state index contributed by atoms with van der Waals surface area (Å²) in [6.45, 7) is -0.371. The van der Waals surface area contributed by atoms with Crippen molar-refractivity contribution >= 4 is 29.0 Å². The third-order valence-electron chi connectivity index (χ3n) is 18.4. The molecule has 1 saturated carbocycles. The van der Waals surface area contributed by atoms with Crippen molar-refractivity contribution in [3.05, 3.63) is 223 Å². The normalized spacial score (nSPS) is 27.7. The van der Waals surface area contributed by atoms with E-state index in [1.807, 2.05) is 12.1 Å². The van der Waals surface area contributed by atoms with Crippen LogP contribution in [0.15, 0.2) is 166 Å². The Balaban J connectivity index is 1.02. The van der Waals surface area contributed by atoms with Crippen LogP contribution in [-0.4, -0.2) is 70.7 Å². The van der Waals surface area contributed by atoms with Gasteiger partial charge in [-0.3, -0.25) is 4.79 Å². The molecule has 0 unspecified atom stereocenters. The van der Waals surface area contributed by atoms with E-state index in [9.17, 15) is 25.2 Å². The highest BCUT2D eigenvalue weighted by molar-refractivity contribution is 5.90. The number of carbonyl (C=O) groups excluding carboxylic acids is 2. The number of aryl methyl sites for hydroxylation is 1. The Morgan fingerprint density at radius 2 is 1.60 bits per heavy atom. The van der Waals surface area contributed by atoms with Gasteiger partial charge in [0.25, 0.3) is 0 Å². The lowest BCUT2D eigenvalue weighted by Gasteiger charge is -2.52. The molecule has 4 heterocycles. The van der Waals surface area contributed by atoms with E-state index in [0.717, 1.165) is 28.7 Å². The average Bonchev–Trinajstić information content (AvgIpc) is 4.07. The second kappa shape index (κ2) is 22.7. The number of esters is 2. The zero-order valence-corrected chi connectivity index (χ0v) is 45.0. The lowest BCUT2D eigenvalue weighted by atomic mass is 9.66. The molecule has 12 heteroatoms. The fourth-order valence-corrected chi connectivity index (χ4v) is 14.6. The zero-order valence-electron chi connectivity index (χ0n) is 45.0. The SMILES string of the molecule is C/C(CO)=C1\CCc2ccc(cc2)[C@@H]2C=C[C@@H](c3cccc(Cc4ccccc4)c3)C[C@@H]2CC(=O)O[C@@H]2c3c(ccc4c(CO)c([C@H](CCO)COCO)c(=O)oc34)O[C@]3(CC=C[C@H]4[C@H]5C=Cc6ccccc6[C@@H]5C[C@@H]43)[C@H]2OC1=O. The van der Waals surface area contributed by atoms with Crippen LogP contribution >= 0.6 is 0 Å². The number of aliphatic hydroxyl groups is 4. The van der Waals surface area contributed by atoms with Gasteiger partial charge >= 0.3 is 17.6 Å². The maximum absolute atomic E-state index is 15.7. The molecule has 11 atom stereocenters. The summed E-state index contributed by atoms with van der Waals surface area (Å²) in [7, 11) is 0. The van der Waals surface area contributed by atoms with Crippen LogP contribution in [0, 0.1) is 23.7 Å². The molecule has 412 valence electrons. The molecule has 1 spiro atoms. The van der Waals surface area contributed by atoms with Crippen LogP contribution in [0.25, 0.3) is 17.0 Å². The summed E-state index contributed by atoms with van der Waals surface area (Å²) in [5, 5.41) is 42.1. The lowest BCUT2D eigenvalue weighted by Crippen LogP contribution is -2.61. The number of allylic oxidation sites excluding steroid dienone is 4. The quantitative estimate of drug-likeness (QED) is 0.0317. The van der Waals surface area contributed by atoms with Crippen molar-refractivity contribution in [2.45, 2.75) is 106 Å². The number of benzene rings is 5. The third-order valence-corrected chi connectivity index (χ3v) is 18.4. The highest BCUT2D eigenvalue weighted by Gasteiger charge is 2.64. The largest absolute Gasteiger partial charge is 0.482 e. The van der Waals surface area contributed by atoms with Gasteiger partial charge in [-0.05, 0) is 131 Å². The molecule has 1 aromatic heterocycles. The first-order valence-corrected chi connectivity index (χ1v) is 28.3. The number of ether oxygens (including phenoxy) is 4. The average molecular weight is 1080 g/mol. The summed E-state index contributed by atoms with van der Waals surface area (Å²) in [4.78, 5) is 45.7. The summed E-state index contributed by atoms with van der Waals surface area (Å²) in [6.07, 6.45) is 13.7. The molecule has 4 aliphatic carbocycles. The van der Waals surface area contributed by atoms with Gasteiger partial charge in [-0.15, -0.1) is 0 Å². The monoisotopic (exact) mass is 1080 g/mol. The van der Waals surface area contributed by atoms with Gasteiger partial charge in [-0.1, -0.05) is 140 Å². The molecule has 80 heavy (non-hydrogen) atoms. The molecule has 3 aliphatic heterocycles. The van der Waals surface area contributed by atoms with Crippen LogP contribution in [0.3, 0.4) is 0 Å². The Hall–Kier alpha value is -7.19. The fraction of sp³-hybridized carbons (Fsp3) is 0.368. The minimum absolute atomic E-state index is 0.00940. The molecule has 7 aliphatic rings. The Bertz CT molecular complexity index is 3480. The molecule has 0 saturated heterocycles. The van der Waals surface area contributed by atoms with E-state index in [1.54, 1.807) is 19.1 Å². The smallest absolute Gasteiger partial charge is 0.340 e. The summed E-state index contributed by atoms with van der Waals surface area (Å²) in [5.41, 5.74) is 7.02. The topological polar surface area (TPSA) is 182 Å². The van der Waals surface area contributed by atoms with E-state index in [1.165, 1.54) is 16.7 Å². The molecular weight excluding hydrogens is 1010 g/mol. The molecule has 4 N–H and O–H groups in total. The Morgan fingerprint density at radius 1 is 0.787 bits per heavy atom. The first-order chi connectivity index (χ1) is 39.1. The predicted molar refractivity (Wildman–Crippen MR) is 303 cm³/mol. The first kappa shape index (κ1) is 53.5. The number of carbonyl (C=O) groups is 2. The van der Waals surface area contributed by atoms with Crippen molar-refractivity contribution in [1.29, 1.82) is 0 Å². The van der Waals surface area contributed by atoms with Gasteiger partial charge in [0.05, 0.1) is 25.4 Å². The minimum atomic E-state index is -1.41. The Morgan fingerprint density at radius 3 is 2.40 bits per heavy atom. The van der Waals surface area contributed by atoms with E-state index in [0.29, 0.717) is 35.8 Å². The van der Waals surface area contributed by atoms with Crippen LogP contribution in [0.5, 0.6) is 5.75 Å². The van der Waals surface area contributed by atoms with E-state index >= 15 is 9.59 Å². The Kier molecular flexibility index (Phi) is 15.2. The molecule has 0 radical (unpaired) electrons. The van der Waals surface area contributed by atoms with Gasteiger partial charge in [0, 0.05) is 59.6 Å². The maximum atomic E-state index is 15.7. The fourth-order valence-electron chi connectivity index (χ4n) is 14.6. The number of hydrogen-bond acceptors (Lipinski definition) is 12. The second-order valence-electron chi connectivity index (χ2n) is 22.8. The van der Waals surface area contributed by atoms with Crippen molar-refractivity contribution in [3.63, 3.8) is 0 Å². The van der Waals surface area contributed by atoms with Gasteiger partial charge < -0.3 is 43.8 Å². The number of fused-ring (bicyclic) bond motifs is 17. The van der Waals surface area contributed by atoms with E-state index < -0.39 is 61.3 Å². The second-order valence-corrected chi connectivity index (χ2v) is 22.8. The molecule has 5 aromatic carbocycles. The summed E-state index contributed by atoms with van der Waals surface area (Å²) >= 11 is 0. The lowest BCUT2D eigenvalue weighted by molar-refractivity contribution is -0.205. The predicted octanol–water partition coefficient (Wildman–Crippen LogP) is 10.7. The standard InChI is InChI=1S/C68H68O12/c1-40(36-70)50-23-18-41-16-19-45(20-17-41)51-24-22-47(46-13-7-11-43(32-46)31-42-9-3-2-4-10-42)33-49(51)34-60(73)77-64-62-59(27-26-55-57(37-71)61(67(75)78-63(55)62)48(28-30-69)38-76-39-72)80-68(65(64)79-66(50)74)29-8-15-54-53-25-21-44-12-5-6-14-52(44)56(53)35-58(54)68/h2-17,19-22,24-27,32,47-49,51,53-54,56,58,64-65,69-72H,18,23,28-31,33-39H2,1H3/b50-40-/t47-,48-,49-,51+,53-,54+,56+,58+,64-,65+,68+/m1/s1. The molecule has 2 bridgehead atoms. The van der Waals surface area contributed by atoms with Crippen LogP contribution in [0.4, 0.5) is 0 Å². The van der Waals surface area contributed by atoms with Gasteiger partial charge in [-0.2, -0.15) is 0 Å². The third kappa shape index (κ3) is 9.89. The molecule has 12 nitrogen and oxygen atoms in total. The van der Waals surface area contributed by atoms with Gasteiger partial charge in [0.2, 0.25) is 0 Å². The number of hydrogen-bond donors (Lipinski definition) is 4. The van der Waals surface area contributed by atoms with Crippen molar-refractivity contribution < 1.29 is 53.4 Å². The van der Waals surface area contributed by atoms with Crippen LogP contribution < -0.4 is 10.4 Å². The molecule has 0 amide bonds. The molecule has 1 fully saturated rings. The minimum Gasteiger partial charge on any atom is -0.482 e. The maximum Gasteiger partial charge on any atom is 0.340 e. The van der Waals surface area contributed by atoms with E-state index in [4.69, 9.17) is 23.4 Å². The van der Waals surface area contributed by atoms with Crippen LogP contribution in [0.2, 0.25) is 0 Å². The number of rotatable bonds is 11. The summed E-state index contributed by atoms with van der Waals surface area (Å²) in [5.74, 6) is -2.30. The molecule has 6 aromatic rings. The molecular formula is C68H68O12. The van der Waals surface area contributed by atoms with Gasteiger partial charge in [-0.25, -0.2) is 9.59 Å². The van der Waals surface area contributed by atoms with Crippen molar-refractivity contribution in [3.8, 4) is 5.75 Å². The van der Waals surface area contributed by atoms with E-state index in [-0.39, 0.29) is 108 Å². The van der Waals surface area contributed by atoms with E-state index in [2.05, 4.69) is 127 Å². The molecule has 13 rings (SSSR count). The van der Waals surface area contributed by atoms with Crippen molar-refractivity contribution in [2.24, 2.45) is 23.7 Å². The zero-order chi connectivity index (χ0) is 55.1. The van der Waals surface area contributed by atoms with Crippen LogP contribution in [-0.2, 0) is 43.2 Å². The first-order valence-electron chi connectivity index (χ1n) is 28.3.